The van der Waals surface area contributed by atoms with Gasteiger partial charge in [-0.3, -0.25) is 0 Å². The second-order valence-electron chi connectivity index (χ2n) is 6.71. The van der Waals surface area contributed by atoms with Gasteiger partial charge in [-0.2, -0.15) is 0 Å². The molecule has 0 spiro atoms. The zero-order chi connectivity index (χ0) is 24.7. The molecule has 34 heavy (non-hydrogen) atoms. The van der Waals surface area contributed by atoms with E-state index in [1.54, 1.807) is 37.3 Å². The van der Waals surface area contributed by atoms with Crippen LogP contribution in [0.15, 0.2) is 63.7 Å². The van der Waals surface area contributed by atoms with Crippen LogP contribution in [0.1, 0.15) is 12.5 Å². The van der Waals surface area contributed by atoms with Crippen molar-refractivity contribution >= 4 is 63.1 Å². The molecule has 1 heterocycles. The Kier molecular flexibility index (Phi) is 8.99. The largest absolute Gasteiger partial charge is 0.506 e. The van der Waals surface area contributed by atoms with Crippen LogP contribution in [-0.4, -0.2) is 49.5 Å². The Bertz CT molecular complexity index is 1180. The molecule has 1 aliphatic rings. The van der Waals surface area contributed by atoms with Gasteiger partial charge in [0.05, 0.1) is 35.0 Å². The topological polar surface area (TPSA) is 104 Å². The first-order chi connectivity index (χ1) is 16.4. The molecule has 2 aromatic carbocycles. The van der Waals surface area contributed by atoms with Gasteiger partial charge in [0, 0.05) is 0 Å². The Labute approximate surface area is 214 Å². The zero-order valence-corrected chi connectivity index (χ0v) is 21.6. The Hall–Kier alpha value is -2.99. The van der Waals surface area contributed by atoms with Crippen LogP contribution in [0.25, 0.3) is 6.08 Å². The van der Waals surface area contributed by atoms with E-state index in [4.69, 9.17) is 14.2 Å². The molecule has 0 aromatic heterocycles. The first-order valence-corrected chi connectivity index (χ1v) is 12.0. The molecule has 0 saturated carbocycles. The number of carbonyl (C=O) groups excluding carboxylic acids is 2. The standard InChI is InChI=1S/C24H22INO7S/c1-4-32-24(29)20-21(28)18(34-23(20)26-15-8-6-5-7-9-15)12-14-10-16(25)22(17(11-14)30-2)33-13-19(27)31-3/h5-12,28H,4,13H2,1-3H3/b18-12-,26-23?. The Morgan fingerprint density at radius 2 is 1.91 bits per heavy atom. The summed E-state index contributed by atoms with van der Waals surface area (Å²) >= 11 is 3.23. The van der Waals surface area contributed by atoms with Gasteiger partial charge in [-0.25, -0.2) is 14.6 Å². The van der Waals surface area contributed by atoms with Crippen LogP contribution >= 0.6 is 34.4 Å². The van der Waals surface area contributed by atoms with Crippen LogP contribution in [0, 0.1) is 3.57 Å². The summed E-state index contributed by atoms with van der Waals surface area (Å²) in [6.07, 6.45) is 1.71. The van der Waals surface area contributed by atoms with Crippen molar-refractivity contribution in [3.05, 3.63) is 67.8 Å². The third-order valence-electron chi connectivity index (χ3n) is 4.47. The predicted octanol–water partition coefficient (Wildman–Crippen LogP) is 5.04. The van der Waals surface area contributed by atoms with Crippen molar-refractivity contribution < 1.29 is 33.6 Å². The number of aliphatic hydroxyl groups excluding tert-OH is 1. The van der Waals surface area contributed by atoms with E-state index in [0.29, 0.717) is 36.3 Å². The summed E-state index contributed by atoms with van der Waals surface area (Å²) in [5.41, 5.74) is 1.34. The molecule has 0 fully saturated rings. The number of aliphatic imine (C=N–C) groups is 1. The van der Waals surface area contributed by atoms with E-state index >= 15 is 0 Å². The Balaban J connectivity index is 2.00. The van der Waals surface area contributed by atoms with E-state index in [2.05, 4.69) is 32.3 Å². The molecule has 0 bridgehead atoms. The summed E-state index contributed by atoms with van der Waals surface area (Å²) in [6.45, 7) is 1.60. The van der Waals surface area contributed by atoms with Crippen LogP contribution in [0.4, 0.5) is 5.69 Å². The number of rotatable bonds is 8. The van der Waals surface area contributed by atoms with Gasteiger partial charge in [-0.15, -0.1) is 0 Å². The number of halogens is 1. The second-order valence-corrected chi connectivity index (χ2v) is 8.90. The maximum Gasteiger partial charge on any atom is 0.344 e. The fraction of sp³-hybridized carbons (Fsp3) is 0.208. The number of esters is 2. The lowest BCUT2D eigenvalue weighted by Gasteiger charge is -2.13. The summed E-state index contributed by atoms with van der Waals surface area (Å²) in [5, 5.41) is 11.2. The lowest BCUT2D eigenvalue weighted by Crippen LogP contribution is -2.13. The van der Waals surface area contributed by atoms with Crippen molar-refractivity contribution in [1.29, 1.82) is 0 Å². The Morgan fingerprint density at radius 1 is 1.18 bits per heavy atom. The lowest BCUT2D eigenvalue weighted by atomic mass is 10.1. The summed E-state index contributed by atoms with van der Waals surface area (Å²) in [6, 6.07) is 12.6. The van der Waals surface area contributed by atoms with Crippen LogP contribution < -0.4 is 9.47 Å². The van der Waals surface area contributed by atoms with Crippen molar-refractivity contribution in [2.45, 2.75) is 6.92 Å². The number of aliphatic hydroxyl groups is 1. The summed E-state index contributed by atoms with van der Waals surface area (Å²) in [4.78, 5) is 29.0. The minimum atomic E-state index is -0.649. The van der Waals surface area contributed by atoms with Crippen molar-refractivity contribution in [3.63, 3.8) is 0 Å². The molecule has 2 aromatic rings. The third-order valence-corrected chi connectivity index (χ3v) is 6.29. The normalized spacial score (nSPS) is 15.5. The molecule has 8 nitrogen and oxygen atoms in total. The number of thioether (sulfide) groups is 1. The van der Waals surface area contributed by atoms with E-state index in [1.165, 1.54) is 14.2 Å². The highest BCUT2D eigenvalue weighted by atomic mass is 127. The van der Waals surface area contributed by atoms with Gasteiger partial charge in [-0.1, -0.05) is 30.0 Å². The molecule has 0 aliphatic carbocycles. The molecule has 0 amide bonds. The quantitative estimate of drug-likeness (QED) is 0.335. The highest BCUT2D eigenvalue weighted by Gasteiger charge is 2.33. The van der Waals surface area contributed by atoms with Crippen LogP contribution in [0.3, 0.4) is 0 Å². The molecule has 10 heteroatoms. The number of methoxy groups -OCH3 is 2. The summed E-state index contributed by atoms with van der Waals surface area (Å²) < 4.78 is 21.4. The minimum absolute atomic E-state index is 0.0154. The molecular formula is C24H22INO7S. The van der Waals surface area contributed by atoms with Crippen molar-refractivity contribution in [3.8, 4) is 11.5 Å². The van der Waals surface area contributed by atoms with Crippen molar-refractivity contribution in [2.24, 2.45) is 4.99 Å². The SMILES string of the molecule is CCOC(=O)C1=C(O)/C(=C/c2cc(I)c(OCC(=O)OC)c(OC)c2)SC1=Nc1ccccc1. The fourth-order valence-electron chi connectivity index (χ4n) is 2.92. The average Bonchev–Trinajstić information content (AvgIpc) is 3.12. The van der Waals surface area contributed by atoms with Gasteiger partial charge in [0.2, 0.25) is 0 Å². The van der Waals surface area contributed by atoms with Gasteiger partial charge in [0.25, 0.3) is 0 Å². The molecular weight excluding hydrogens is 573 g/mol. The van der Waals surface area contributed by atoms with Gasteiger partial charge in [-0.05, 0) is 65.4 Å². The number of ether oxygens (including phenoxy) is 4. The molecule has 0 radical (unpaired) electrons. The van der Waals surface area contributed by atoms with Gasteiger partial charge < -0.3 is 24.1 Å². The lowest BCUT2D eigenvalue weighted by molar-refractivity contribution is -0.143. The van der Waals surface area contributed by atoms with Crippen LogP contribution in [0.5, 0.6) is 11.5 Å². The van der Waals surface area contributed by atoms with E-state index in [1.807, 2.05) is 18.2 Å². The average molecular weight is 595 g/mol. The minimum Gasteiger partial charge on any atom is -0.506 e. The number of hydrogen-bond donors (Lipinski definition) is 1. The maximum absolute atomic E-state index is 12.6. The van der Waals surface area contributed by atoms with Gasteiger partial charge in [0.1, 0.15) is 16.4 Å². The first-order valence-electron chi connectivity index (χ1n) is 10.1. The summed E-state index contributed by atoms with van der Waals surface area (Å²) in [5.74, 6) is -0.577. The van der Waals surface area contributed by atoms with Crippen molar-refractivity contribution in [2.75, 3.05) is 27.4 Å². The predicted molar refractivity (Wildman–Crippen MR) is 139 cm³/mol. The van der Waals surface area contributed by atoms with Crippen LogP contribution in [-0.2, 0) is 19.1 Å². The highest BCUT2D eigenvalue weighted by Crippen LogP contribution is 2.41. The van der Waals surface area contributed by atoms with E-state index < -0.39 is 11.9 Å². The molecule has 178 valence electrons. The van der Waals surface area contributed by atoms with E-state index in [-0.39, 0.29) is 24.5 Å². The van der Waals surface area contributed by atoms with Gasteiger partial charge >= 0.3 is 11.9 Å². The second kappa shape index (κ2) is 11.9. The number of para-hydroxylation sites is 1. The number of nitrogens with zero attached hydrogens (tertiary/aromatic N) is 1. The molecule has 0 saturated heterocycles. The van der Waals surface area contributed by atoms with E-state index in [0.717, 1.165) is 11.8 Å². The molecule has 0 atom stereocenters. The Morgan fingerprint density at radius 3 is 2.56 bits per heavy atom. The maximum atomic E-state index is 12.6. The van der Waals surface area contributed by atoms with E-state index in [9.17, 15) is 14.7 Å². The smallest absolute Gasteiger partial charge is 0.344 e. The molecule has 1 aliphatic heterocycles. The third kappa shape index (κ3) is 6.11. The number of carbonyl (C=O) groups is 2. The summed E-state index contributed by atoms with van der Waals surface area (Å²) in [7, 11) is 2.76. The van der Waals surface area contributed by atoms with Crippen LogP contribution in [0.2, 0.25) is 0 Å². The highest BCUT2D eigenvalue weighted by molar-refractivity contribution is 14.1. The molecule has 1 N–H and O–H groups in total. The molecule has 0 unspecified atom stereocenters. The van der Waals surface area contributed by atoms with Gasteiger partial charge in [0.15, 0.2) is 18.1 Å². The monoisotopic (exact) mass is 595 g/mol. The van der Waals surface area contributed by atoms with Crippen molar-refractivity contribution in [1.82, 2.24) is 0 Å². The number of benzene rings is 2. The zero-order valence-electron chi connectivity index (χ0n) is 18.7. The first kappa shape index (κ1) is 25.6. The molecule has 3 rings (SSSR count). The number of hydrogen-bond acceptors (Lipinski definition) is 9. The fourth-order valence-corrected chi connectivity index (χ4v) is 4.73.